The maximum atomic E-state index is 5.85. The number of allylic oxidation sites excluding steroid dienone is 4. The van der Waals surface area contributed by atoms with Crippen molar-refractivity contribution in [3.05, 3.63) is 36.1 Å². The summed E-state index contributed by atoms with van der Waals surface area (Å²) in [4.78, 5) is 0. The van der Waals surface area contributed by atoms with E-state index in [1.54, 1.807) is 0 Å². The fraction of sp³-hybridized carbons (Fsp3) is 0.600. The lowest BCUT2D eigenvalue weighted by atomic mass is 10.0. The molecule has 1 rings (SSSR count). The van der Waals surface area contributed by atoms with Crippen LogP contribution in [-0.2, 0) is 4.74 Å². The van der Waals surface area contributed by atoms with E-state index in [9.17, 15) is 0 Å². The molecular formula is C15H27N3O. The molecule has 2 unspecified atom stereocenters. The summed E-state index contributed by atoms with van der Waals surface area (Å²) in [6.07, 6.45) is 9.10. The smallest absolute Gasteiger partial charge is 0.0790 e. The van der Waals surface area contributed by atoms with Gasteiger partial charge in [0, 0.05) is 18.8 Å². The SMILES string of the molecule is C=C/C=C(\C=C(/CCC)NC)CC1COCC(N)N1. The van der Waals surface area contributed by atoms with E-state index in [1.165, 1.54) is 11.3 Å². The van der Waals surface area contributed by atoms with Gasteiger partial charge in [-0.05, 0) is 24.5 Å². The zero-order valence-corrected chi connectivity index (χ0v) is 12.1. The molecule has 19 heavy (non-hydrogen) atoms. The van der Waals surface area contributed by atoms with Gasteiger partial charge < -0.3 is 15.8 Å². The maximum absolute atomic E-state index is 5.85. The Morgan fingerprint density at radius 1 is 1.53 bits per heavy atom. The van der Waals surface area contributed by atoms with Gasteiger partial charge >= 0.3 is 0 Å². The van der Waals surface area contributed by atoms with Gasteiger partial charge in [0.2, 0.25) is 0 Å². The molecule has 1 saturated heterocycles. The Labute approximate surface area is 116 Å². The first-order chi connectivity index (χ1) is 9.19. The summed E-state index contributed by atoms with van der Waals surface area (Å²) in [6, 6.07) is 0.269. The van der Waals surface area contributed by atoms with Crippen molar-refractivity contribution in [2.45, 2.75) is 38.4 Å². The van der Waals surface area contributed by atoms with Crippen molar-refractivity contribution in [3.8, 4) is 0 Å². The molecule has 0 radical (unpaired) electrons. The standard InChI is InChI=1S/C15H27N3O/c1-4-6-12(8-13(17-3)7-5-2)9-14-10-19-11-15(16)18-14/h4,6,8,14-15,17-18H,1,5,7,9-11,16H2,2-3H3/b12-6+,13-8+. The van der Waals surface area contributed by atoms with Crippen molar-refractivity contribution >= 4 is 0 Å². The summed E-state index contributed by atoms with van der Waals surface area (Å²) < 4.78 is 5.48. The minimum atomic E-state index is -0.0628. The van der Waals surface area contributed by atoms with Gasteiger partial charge in [-0.15, -0.1) is 0 Å². The zero-order valence-electron chi connectivity index (χ0n) is 12.1. The van der Waals surface area contributed by atoms with E-state index in [-0.39, 0.29) is 12.2 Å². The first-order valence-electron chi connectivity index (χ1n) is 6.98. The number of hydrogen-bond acceptors (Lipinski definition) is 4. The third-order valence-corrected chi connectivity index (χ3v) is 3.08. The summed E-state index contributed by atoms with van der Waals surface area (Å²) in [6.45, 7) is 7.26. The minimum Gasteiger partial charge on any atom is -0.391 e. The summed E-state index contributed by atoms with van der Waals surface area (Å²) in [5.41, 5.74) is 8.33. The predicted molar refractivity (Wildman–Crippen MR) is 80.7 cm³/mol. The van der Waals surface area contributed by atoms with Crippen LogP contribution in [-0.4, -0.2) is 32.5 Å². The highest BCUT2D eigenvalue weighted by atomic mass is 16.5. The Hall–Kier alpha value is -1.10. The molecule has 0 spiro atoms. The second-order valence-electron chi connectivity index (χ2n) is 4.86. The normalized spacial score (nSPS) is 25.2. The Bertz CT molecular complexity index is 336. The first-order valence-corrected chi connectivity index (χ1v) is 6.98. The van der Waals surface area contributed by atoms with E-state index >= 15 is 0 Å². The largest absolute Gasteiger partial charge is 0.391 e. The lowest BCUT2D eigenvalue weighted by Crippen LogP contribution is -2.53. The van der Waals surface area contributed by atoms with Crippen molar-refractivity contribution in [1.29, 1.82) is 0 Å². The van der Waals surface area contributed by atoms with Crippen molar-refractivity contribution < 1.29 is 4.74 Å². The monoisotopic (exact) mass is 265 g/mol. The van der Waals surface area contributed by atoms with E-state index in [0.717, 1.165) is 19.3 Å². The van der Waals surface area contributed by atoms with Gasteiger partial charge in [0.1, 0.15) is 0 Å². The highest BCUT2D eigenvalue weighted by molar-refractivity contribution is 5.27. The van der Waals surface area contributed by atoms with Crippen LogP contribution in [0.2, 0.25) is 0 Å². The van der Waals surface area contributed by atoms with Crippen molar-refractivity contribution in [2.24, 2.45) is 5.73 Å². The second kappa shape index (κ2) is 8.91. The summed E-state index contributed by atoms with van der Waals surface area (Å²) >= 11 is 0. The van der Waals surface area contributed by atoms with Crippen LogP contribution in [0.5, 0.6) is 0 Å². The van der Waals surface area contributed by atoms with Crippen LogP contribution < -0.4 is 16.4 Å². The number of rotatable bonds is 7. The van der Waals surface area contributed by atoms with E-state index in [0.29, 0.717) is 13.2 Å². The summed E-state index contributed by atoms with van der Waals surface area (Å²) in [7, 11) is 1.96. The highest BCUT2D eigenvalue weighted by Gasteiger charge is 2.19. The molecular weight excluding hydrogens is 238 g/mol. The molecule has 0 amide bonds. The topological polar surface area (TPSA) is 59.3 Å². The molecule has 0 aromatic rings. The molecule has 108 valence electrons. The van der Waals surface area contributed by atoms with Gasteiger partial charge in [-0.25, -0.2) is 0 Å². The van der Waals surface area contributed by atoms with Crippen LogP contribution in [0.4, 0.5) is 0 Å². The van der Waals surface area contributed by atoms with E-state index < -0.39 is 0 Å². The average Bonchev–Trinajstić information content (AvgIpc) is 2.38. The lowest BCUT2D eigenvalue weighted by molar-refractivity contribution is 0.0476. The molecule has 0 aromatic heterocycles. The quantitative estimate of drug-likeness (QED) is 0.613. The third kappa shape index (κ3) is 6.05. The molecule has 4 heteroatoms. The van der Waals surface area contributed by atoms with Crippen molar-refractivity contribution in [1.82, 2.24) is 10.6 Å². The first kappa shape index (κ1) is 16.0. The molecule has 2 atom stereocenters. The van der Waals surface area contributed by atoms with Crippen LogP contribution >= 0.6 is 0 Å². The zero-order chi connectivity index (χ0) is 14.1. The van der Waals surface area contributed by atoms with Gasteiger partial charge in [-0.1, -0.05) is 32.1 Å². The third-order valence-electron chi connectivity index (χ3n) is 3.08. The van der Waals surface area contributed by atoms with E-state index in [4.69, 9.17) is 10.5 Å². The molecule has 4 N–H and O–H groups in total. The molecule has 1 aliphatic heterocycles. The van der Waals surface area contributed by atoms with Gasteiger partial charge in [0.05, 0.1) is 19.4 Å². The molecule has 0 saturated carbocycles. The van der Waals surface area contributed by atoms with E-state index in [1.807, 2.05) is 13.1 Å². The van der Waals surface area contributed by atoms with Gasteiger partial charge in [0.25, 0.3) is 0 Å². The number of morpholine rings is 1. The summed E-state index contributed by atoms with van der Waals surface area (Å²) in [5, 5.41) is 6.60. The number of ether oxygens (including phenoxy) is 1. The molecule has 1 fully saturated rings. The predicted octanol–water partition coefficient (Wildman–Crippen LogP) is 1.67. The van der Waals surface area contributed by atoms with Crippen molar-refractivity contribution in [2.75, 3.05) is 20.3 Å². The van der Waals surface area contributed by atoms with Crippen LogP contribution in [0, 0.1) is 0 Å². The number of nitrogens with two attached hydrogens (primary N) is 1. The number of nitrogens with one attached hydrogen (secondary N) is 2. The van der Waals surface area contributed by atoms with Crippen LogP contribution in [0.3, 0.4) is 0 Å². The van der Waals surface area contributed by atoms with Gasteiger partial charge in [0.15, 0.2) is 0 Å². The van der Waals surface area contributed by atoms with Gasteiger partial charge in [-0.2, -0.15) is 0 Å². The van der Waals surface area contributed by atoms with Crippen molar-refractivity contribution in [3.63, 3.8) is 0 Å². The molecule has 1 heterocycles. The Morgan fingerprint density at radius 2 is 2.32 bits per heavy atom. The molecule has 0 aromatic carbocycles. The van der Waals surface area contributed by atoms with Crippen LogP contribution in [0.25, 0.3) is 0 Å². The minimum absolute atomic E-state index is 0.0628. The van der Waals surface area contributed by atoms with Gasteiger partial charge in [-0.3, -0.25) is 5.32 Å². The highest BCUT2D eigenvalue weighted by Crippen LogP contribution is 2.14. The molecule has 1 aliphatic rings. The second-order valence-corrected chi connectivity index (χ2v) is 4.86. The fourth-order valence-corrected chi connectivity index (χ4v) is 2.23. The Morgan fingerprint density at radius 3 is 2.89 bits per heavy atom. The van der Waals surface area contributed by atoms with Crippen LogP contribution in [0.15, 0.2) is 36.1 Å². The van der Waals surface area contributed by atoms with E-state index in [2.05, 4.69) is 36.3 Å². The molecule has 0 bridgehead atoms. The maximum Gasteiger partial charge on any atom is 0.0790 e. The summed E-state index contributed by atoms with van der Waals surface area (Å²) in [5.74, 6) is 0. The Kier molecular flexibility index (Phi) is 7.48. The lowest BCUT2D eigenvalue weighted by Gasteiger charge is -2.29. The fourth-order valence-electron chi connectivity index (χ4n) is 2.23. The average molecular weight is 265 g/mol. The molecule has 0 aliphatic carbocycles. The number of hydrogen-bond donors (Lipinski definition) is 3. The Balaban J connectivity index is 2.67. The van der Waals surface area contributed by atoms with Crippen LogP contribution in [0.1, 0.15) is 26.2 Å². The molecule has 4 nitrogen and oxygen atoms in total.